The van der Waals surface area contributed by atoms with Crippen LogP contribution in [0.5, 0.6) is 0 Å². The molecule has 0 aromatic carbocycles. The molecule has 0 fully saturated rings. The molecule has 0 aliphatic rings. The second-order valence-corrected chi connectivity index (χ2v) is 4.67. The Labute approximate surface area is 111 Å². The molecule has 0 aliphatic carbocycles. The third-order valence-corrected chi connectivity index (χ3v) is 2.98. The Bertz CT molecular complexity index is 693. The van der Waals surface area contributed by atoms with Gasteiger partial charge in [-0.15, -0.1) is 0 Å². The van der Waals surface area contributed by atoms with E-state index in [1.807, 2.05) is 16.7 Å². The van der Waals surface area contributed by atoms with Crippen molar-refractivity contribution in [2.75, 3.05) is 5.73 Å². The maximum Gasteiger partial charge on any atom is 0.202 e. The van der Waals surface area contributed by atoms with Crippen molar-refractivity contribution in [2.45, 2.75) is 6.54 Å². The summed E-state index contributed by atoms with van der Waals surface area (Å²) < 4.78 is 2.70. The molecule has 18 heavy (non-hydrogen) atoms. The van der Waals surface area contributed by atoms with Crippen LogP contribution in [0.1, 0.15) is 5.69 Å². The third kappa shape index (κ3) is 1.92. The molecule has 3 aromatic rings. The van der Waals surface area contributed by atoms with Crippen LogP contribution in [0.25, 0.3) is 11.2 Å². The van der Waals surface area contributed by atoms with E-state index in [2.05, 4.69) is 35.9 Å². The number of anilines is 1. The molecule has 0 unspecified atom stereocenters. The fourth-order valence-corrected chi connectivity index (χ4v) is 2.05. The lowest BCUT2D eigenvalue weighted by Crippen LogP contribution is -2.06. The second kappa shape index (κ2) is 4.34. The number of fused-ring (bicyclic) bond motifs is 1. The quantitative estimate of drug-likeness (QED) is 0.778. The molecule has 0 aliphatic heterocycles. The van der Waals surface area contributed by atoms with Gasteiger partial charge in [0.05, 0.1) is 12.2 Å². The first-order valence-electron chi connectivity index (χ1n) is 5.26. The van der Waals surface area contributed by atoms with Gasteiger partial charge in [-0.05, 0) is 28.1 Å². The van der Waals surface area contributed by atoms with Crippen LogP contribution in [0.4, 0.5) is 5.95 Å². The van der Waals surface area contributed by atoms with Crippen molar-refractivity contribution in [1.29, 1.82) is 0 Å². The van der Waals surface area contributed by atoms with Crippen LogP contribution in [0.3, 0.4) is 0 Å². The van der Waals surface area contributed by atoms with Gasteiger partial charge in [-0.3, -0.25) is 4.57 Å². The molecular formula is C11H9BrN6. The highest BCUT2D eigenvalue weighted by atomic mass is 79.9. The Kier molecular flexibility index (Phi) is 2.67. The Balaban J connectivity index is 2.09. The lowest BCUT2D eigenvalue weighted by atomic mass is 10.4. The van der Waals surface area contributed by atoms with E-state index in [4.69, 9.17) is 5.73 Å². The Hall–Kier alpha value is -2.02. The molecule has 0 saturated carbocycles. The molecule has 0 radical (unpaired) electrons. The molecule has 0 saturated heterocycles. The molecular weight excluding hydrogens is 296 g/mol. The highest BCUT2D eigenvalue weighted by Crippen LogP contribution is 2.20. The first kappa shape index (κ1) is 11.1. The largest absolute Gasteiger partial charge is 0.369 e. The molecule has 0 spiro atoms. The van der Waals surface area contributed by atoms with Crippen LogP contribution >= 0.6 is 15.9 Å². The highest BCUT2D eigenvalue weighted by Gasteiger charge is 2.10. The smallest absolute Gasteiger partial charge is 0.202 e. The lowest BCUT2D eigenvalue weighted by molar-refractivity contribution is 0.795. The molecule has 2 N–H and O–H groups in total. The van der Waals surface area contributed by atoms with Crippen molar-refractivity contribution >= 4 is 33.0 Å². The Morgan fingerprint density at radius 2 is 2.22 bits per heavy atom. The zero-order valence-electron chi connectivity index (χ0n) is 9.29. The van der Waals surface area contributed by atoms with Gasteiger partial charge >= 0.3 is 0 Å². The minimum Gasteiger partial charge on any atom is -0.369 e. The molecule has 3 heterocycles. The number of nitrogen functional groups attached to an aromatic ring is 1. The minimum atomic E-state index is 0.425. The van der Waals surface area contributed by atoms with E-state index in [1.54, 1.807) is 12.4 Å². The summed E-state index contributed by atoms with van der Waals surface area (Å²) in [5, 5.41) is 0. The van der Waals surface area contributed by atoms with E-state index in [1.165, 1.54) is 6.33 Å². The zero-order chi connectivity index (χ0) is 12.5. The van der Waals surface area contributed by atoms with E-state index in [9.17, 15) is 0 Å². The number of pyridine rings is 1. The van der Waals surface area contributed by atoms with Gasteiger partial charge in [0.25, 0.3) is 0 Å². The predicted molar refractivity (Wildman–Crippen MR) is 70.8 cm³/mol. The average Bonchev–Trinajstić information content (AvgIpc) is 2.66. The summed E-state index contributed by atoms with van der Waals surface area (Å²) >= 11 is 3.36. The molecule has 90 valence electrons. The van der Waals surface area contributed by atoms with Crippen molar-refractivity contribution < 1.29 is 0 Å². The molecule has 6 nitrogen and oxygen atoms in total. The summed E-state index contributed by atoms with van der Waals surface area (Å²) in [5.41, 5.74) is 8.27. The highest BCUT2D eigenvalue weighted by molar-refractivity contribution is 9.10. The van der Waals surface area contributed by atoms with Crippen LogP contribution in [0.15, 0.2) is 35.3 Å². The normalized spacial score (nSPS) is 10.9. The fraction of sp³-hybridized carbons (Fsp3) is 0.0909. The predicted octanol–water partition coefficient (Wildman–Crippen LogP) is 1.61. The molecule has 0 bridgehead atoms. The summed E-state index contributed by atoms with van der Waals surface area (Å²) in [4.78, 5) is 16.7. The summed E-state index contributed by atoms with van der Waals surface area (Å²) in [5.74, 6) is 0.425. The zero-order valence-corrected chi connectivity index (χ0v) is 10.9. The maximum atomic E-state index is 5.90. The van der Waals surface area contributed by atoms with Crippen LogP contribution in [0.2, 0.25) is 0 Å². The number of aromatic nitrogens is 5. The molecule has 0 amide bonds. The van der Waals surface area contributed by atoms with E-state index >= 15 is 0 Å². The number of hydrogen-bond acceptors (Lipinski definition) is 5. The van der Waals surface area contributed by atoms with Gasteiger partial charge in [0.15, 0.2) is 5.65 Å². The molecule has 7 heteroatoms. The van der Waals surface area contributed by atoms with Gasteiger partial charge in [-0.2, -0.15) is 0 Å². The van der Waals surface area contributed by atoms with Crippen LogP contribution < -0.4 is 5.73 Å². The van der Waals surface area contributed by atoms with Crippen molar-refractivity contribution in [3.05, 3.63) is 41.0 Å². The van der Waals surface area contributed by atoms with E-state index in [0.717, 1.165) is 21.3 Å². The molecule has 3 rings (SSSR count). The second-order valence-electron chi connectivity index (χ2n) is 3.75. The minimum absolute atomic E-state index is 0.425. The molecule has 0 atom stereocenters. The molecule has 3 aromatic heterocycles. The maximum absolute atomic E-state index is 5.90. The SMILES string of the molecule is Nc1nc2cc(Br)cnc2n1Cc1ccncn1. The van der Waals surface area contributed by atoms with Crippen LogP contribution in [-0.4, -0.2) is 24.5 Å². The van der Waals surface area contributed by atoms with Crippen molar-refractivity contribution in [1.82, 2.24) is 24.5 Å². The third-order valence-electron chi connectivity index (χ3n) is 2.54. The van der Waals surface area contributed by atoms with Gasteiger partial charge in [-0.25, -0.2) is 19.9 Å². The summed E-state index contributed by atoms with van der Waals surface area (Å²) in [6.07, 6.45) is 4.93. The summed E-state index contributed by atoms with van der Waals surface area (Å²) in [7, 11) is 0. The van der Waals surface area contributed by atoms with Gasteiger partial charge in [0.2, 0.25) is 5.95 Å². The average molecular weight is 305 g/mol. The van der Waals surface area contributed by atoms with Crippen molar-refractivity contribution in [3.8, 4) is 0 Å². The fourth-order valence-electron chi connectivity index (χ4n) is 1.73. The monoisotopic (exact) mass is 304 g/mol. The van der Waals surface area contributed by atoms with Gasteiger partial charge < -0.3 is 5.73 Å². The standard InChI is InChI=1S/C11H9BrN6/c12-7-3-9-10(15-4-7)18(11(13)17-9)5-8-1-2-14-6-16-8/h1-4,6H,5H2,(H2,13,17). The van der Waals surface area contributed by atoms with Gasteiger partial charge in [0, 0.05) is 16.9 Å². The van der Waals surface area contributed by atoms with E-state index in [0.29, 0.717) is 12.5 Å². The summed E-state index contributed by atoms with van der Waals surface area (Å²) in [6.45, 7) is 0.527. The number of hydrogen-bond donors (Lipinski definition) is 1. The first-order chi connectivity index (χ1) is 8.74. The number of imidazole rings is 1. The number of halogens is 1. The Morgan fingerprint density at radius 1 is 1.33 bits per heavy atom. The topological polar surface area (TPSA) is 82.5 Å². The van der Waals surface area contributed by atoms with Gasteiger partial charge in [-0.1, -0.05) is 0 Å². The summed E-state index contributed by atoms with van der Waals surface area (Å²) in [6, 6.07) is 3.72. The van der Waals surface area contributed by atoms with Crippen molar-refractivity contribution in [2.24, 2.45) is 0 Å². The number of nitrogens with zero attached hydrogens (tertiary/aromatic N) is 5. The number of nitrogens with two attached hydrogens (primary N) is 1. The van der Waals surface area contributed by atoms with Gasteiger partial charge in [0.1, 0.15) is 11.8 Å². The Morgan fingerprint density at radius 3 is 3.00 bits per heavy atom. The van der Waals surface area contributed by atoms with Crippen molar-refractivity contribution in [3.63, 3.8) is 0 Å². The first-order valence-corrected chi connectivity index (χ1v) is 6.05. The van der Waals surface area contributed by atoms with E-state index in [-0.39, 0.29) is 0 Å². The lowest BCUT2D eigenvalue weighted by Gasteiger charge is -2.04. The van der Waals surface area contributed by atoms with Crippen LogP contribution in [-0.2, 0) is 6.54 Å². The van der Waals surface area contributed by atoms with Crippen LogP contribution in [0, 0.1) is 0 Å². The van der Waals surface area contributed by atoms with E-state index < -0.39 is 0 Å². The number of rotatable bonds is 2.